The lowest BCUT2D eigenvalue weighted by Crippen LogP contribution is -2.28. The van der Waals surface area contributed by atoms with Crippen LogP contribution < -0.4 is 16.6 Å². The Balaban J connectivity index is 2.57. The van der Waals surface area contributed by atoms with Gasteiger partial charge in [0.1, 0.15) is 5.82 Å². The number of hydrazine groups is 1. The summed E-state index contributed by atoms with van der Waals surface area (Å²) < 4.78 is 0. The summed E-state index contributed by atoms with van der Waals surface area (Å²) in [6, 6.07) is 1.80. The monoisotopic (exact) mass is 150 g/mol. The molecule has 4 N–H and O–H groups in total. The standard InChI is InChI=1S/C7H10N4/c8-6-1-3-10-7-5(6)2-4-11(7)9/h1,3H,2,4,9H2,(H2,8,10). The van der Waals surface area contributed by atoms with Crippen molar-refractivity contribution >= 4 is 11.5 Å². The van der Waals surface area contributed by atoms with E-state index in [1.165, 1.54) is 0 Å². The first kappa shape index (κ1) is 6.42. The van der Waals surface area contributed by atoms with Crippen LogP contribution in [-0.2, 0) is 6.42 Å². The van der Waals surface area contributed by atoms with Gasteiger partial charge in [0.15, 0.2) is 0 Å². The van der Waals surface area contributed by atoms with Crippen LogP contribution in [0.2, 0.25) is 0 Å². The van der Waals surface area contributed by atoms with Gasteiger partial charge in [-0.2, -0.15) is 0 Å². The predicted molar refractivity (Wildman–Crippen MR) is 43.9 cm³/mol. The molecule has 0 atom stereocenters. The number of nitrogen functional groups attached to an aromatic ring is 1. The molecule has 2 rings (SSSR count). The molecule has 0 aliphatic carbocycles. The molecule has 4 nitrogen and oxygen atoms in total. The van der Waals surface area contributed by atoms with Gasteiger partial charge in [-0.05, 0) is 12.5 Å². The maximum absolute atomic E-state index is 5.71. The number of aromatic nitrogens is 1. The zero-order valence-electron chi connectivity index (χ0n) is 6.12. The quantitative estimate of drug-likeness (QED) is 0.507. The highest BCUT2D eigenvalue weighted by molar-refractivity contribution is 5.62. The van der Waals surface area contributed by atoms with Crippen molar-refractivity contribution < 1.29 is 0 Å². The SMILES string of the molecule is Nc1ccnc2c1CCN2N. The molecule has 0 radical (unpaired) electrons. The minimum Gasteiger partial charge on any atom is -0.398 e. The average Bonchev–Trinajstić information content (AvgIpc) is 2.35. The van der Waals surface area contributed by atoms with Crippen molar-refractivity contribution in [2.45, 2.75) is 6.42 Å². The van der Waals surface area contributed by atoms with Gasteiger partial charge in [0.2, 0.25) is 0 Å². The Morgan fingerprint density at radius 2 is 2.36 bits per heavy atom. The Hall–Kier alpha value is -1.29. The summed E-state index contributed by atoms with van der Waals surface area (Å²) in [5, 5.41) is 1.63. The van der Waals surface area contributed by atoms with Gasteiger partial charge in [-0.3, -0.25) is 5.01 Å². The van der Waals surface area contributed by atoms with Crippen molar-refractivity contribution in [3.8, 4) is 0 Å². The normalized spacial score (nSPS) is 15.2. The molecule has 0 saturated heterocycles. The van der Waals surface area contributed by atoms with Crippen LogP contribution in [0.5, 0.6) is 0 Å². The van der Waals surface area contributed by atoms with Crippen LogP contribution in [0.3, 0.4) is 0 Å². The summed E-state index contributed by atoms with van der Waals surface area (Å²) in [5.41, 5.74) is 7.59. The second kappa shape index (κ2) is 2.10. The summed E-state index contributed by atoms with van der Waals surface area (Å²) in [6.45, 7) is 0.816. The largest absolute Gasteiger partial charge is 0.398 e. The molecule has 1 aliphatic heterocycles. The third kappa shape index (κ3) is 0.832. The topological polar surface area (TPSA) is 68.2 Å². The van der Waals surface area contributed by atoms with Crippen LogP contribution in [0.1, 0.15) is 5.56 Å². The third-order valence-electron chi connectivity index (χ3n) is 1.94. The number of pyridine rings is 1. The fourth-order valence-corrected chi connectivity index (χ4v) is 1.34. The van der Waals surface area contributed by atoms with Crippen molar-refractivity contribution in [3.05, 3.63) is 17.8 Å². The lowest BCUT2D eigenvalue weighted by molar-refractivity contribution is 0.880. The first-order chi connectivity index (χ1) is 5.29. The highest BCUT2D eigenvalue weighted by Crippen LogP contribution is 2.26. The van der Waals surface area contributed by atoms with Gasteiger partial charge in [0.25, 0.3) is 0 Å². The fourth-order valence-electron chi connectivity index (χ4n) is 1.34. The minimum absolute atomic E-state index is 0.794. The summed E-state index contributed by atoms with van der Waals surface area (Å²) in [4.78, 5) is 4.12. The molecule has 11 heavy (non-hydrogen) atoms. The van der Waals surface area contributed by atoms with E-state index >= 15 is 0 Å². The van der Waals surface area contributed by atoms with E-state index in [4.69, 9.17) is 11.6 Å². The minimum atomic E-state index is 0.794. The van der Waals surface area contributed by atoms with Crippen LogP contribution >= 0.6 is 0 Å². The highest BCUT2D eigenvalue weighted by atomic mass is 15.4. The van der Waals surface area contributed by atoms with Crippen LogP contribution in [0, 0.1) is 0 Å². The van der Waals surface area contributed by atoms with Crippen LogP contribution in [-0.4, -0.2) is 11.5 Å². The van der Waals surface area contributed by atoms with E-state index in [2.05, 4.69) is 4.98 Å². The van der Waals surface area contributed by atoms with E-state index in [-0.39, 0.29) is 0 Å². The number of hydrogen-bond acceptors (Lipinski definition) is 4. The first-order valence-electron chi connectivity index (χ1n) is 3.54. The zero-order valence-corrected chi connectivity index (χ0v) is 6.12. The van der Waals surface area contributed by atoms with Crippen molar-refractivity contribution in [2.24, 2.45) is 5.84 Å². The molecular formula is C7H10N4. The summed E-state index contributed by atoms with van der Waals surface area (Å²) in [6.07, 6.45) is 2.59. The molecule has 0 bridgehead atoms. The maximum atomic E-state index is 5.71. The van der Waals surface area contributed by atoms with E-state index in [9.17, 15) is 0 Å². The zero-order chi connectivity index (χ0) is 7.84. The summed E-state index contributed by atoms with van der Waals surface area (Å²) in [7, 11) is 0. The van der Waals surface area contributed by atoms with E-state index in [0.717, 1.165) is 30.0 Å². The maximum Gasteiger partial charge on any atom is 0.147 e. The van der Waals surface area contributed by atoms with Crippen LogP contribution in [0.25, 0.3) is 0 Å². The Morgan fingerprint density at radius 3 is 3.09 bits per heavy atom. The molecule has 0 amide bonds. The smallest absolute Gasteiger partial charge is 0.147 e. The molecule has 1 aliphatic rings. The lowest BCUT2D eigenvalue weighted by atomic mass is 10.2. The van der Waals surface area contributed by atoms with Gasteiger partial charge in [-0.1, -0.05) is 0 Å². The number of rotatable bonds is 0. The number of fused-ring (bicyclic) bond motifs is 1. The van der Waals surface area contributed by atoms with Gasteiger partial charge in [-0.15, -0.1) is 0 Å². The number of anilines is 2. The predicted octanol–water partition coefficient (Wildman–Crippen LogP) is -0.100. The Labute approximate surface area is 64.8 Å². The van der Waals surface area contributed by atoms with Gasteiger partial charge in [-0.25, -0.2) is 10.8 Å². The van der Waals surface area contributed by atoms with Crippen molar-refractivity contribution in [2.75, 3.05) is 17.3 Å². The number of nitrogens with two attached hydrogens (primary N) is 2. The molecule has 0 saturated carbocycles. The molecule has 2 heterocycles. The van der Waals surface area contributed by atoms with E-state index in [0.29, 0.717) is 0 Å². The van der Waals surface area contributed by atoms with Crippen LogP contribution in [0.4, 0.5) is 11.5 Å². The molecule has 0 unspecified atom stereocenters. The lowest BCUT2D eigenvalue weighted by Gasteiger charge is -2.09. The summed E-state index contributed by atoms with van der Waals surface area (Å²) >= 11 is 0. The van der Waals surface area contributed by atoms with Crippen molar-refractivity contribution in [3.63, 3.8) is 0 Å². The van der Waals surface area contributed by atoms with Gasteiger partial charge >= 0.3 is 0 Å². The number of nitrogens with zero attached hydrogens (tertiary/aromatic N) is 2. The molecule has 1 aromatic rings. The molecule has 58 valence electrons. The second-order valence-corrected chi connectivity index (χ2v) is 2.65. The molecule has 1 aromatic heterocycles. The second-order valence-electron chi connectivity index (χ2n) is 2.65. The van der Waals surface area contributed by atoms with E-state index in [1.54, 1.807) is 17.3 Å². The number of hydrogen-bond donors (Lipinski definition) is 2. The Morgan fingerprint density at radius 1 is 1.55 bits per heavy atom. The molecule has 0 aromatic carbocycles. The first-order valence-corrected chi connectivity index (χ1v) is 3.54. The Bertz CT molecular complexity index is 284. The van der Waals surface area contributed by atoms with Crippen molar-refractivity contribution in [1.29, 1.82) is 0 Å². The van der Waals surface area contributed by atoms with E-state index in [1.807, 2.05) is 0 Å². The third-order valence-corrected chi connectivity index (χ3v) is 1.94. The van der Waals surface area contributed by atoms with E-state index < -0.39 is 0 Å². The fraction of sp³-hybridized carbons (Fsp3) is 0.286. The van der Waals surface area contributed by atoms with Crippen LogP contribution in [0.15, 0.2) is 12.3 Å². The Kier molecular flexibility index (Phi) is 1.22. The van der Waals surface area contributed by atoms with Gasteiger partial charge in [0, 0.05) is 24.0 Å². The van der Waals surface area contributed by atoms with Crippen molar-refractivity contribution in [1.82, 2.24) is 4.98 Å². The highest BCUT2D eigenvalue weighted by Gasteiger charge is 2.18. The van der Waals surface area contributed by atoms with Gasteiger partial charge < -0.3 is 5.73 Å². The summed E-state index contributed by atoms with van der Waals surface area (Å²) in [5.74, 6) is 6.45. The average molecular weight is 150 g/mol. The van der Waals surface area contributed by atoms with Gasteiger partial charge in [0.05, 0.1) is 0 Å². The molecule has 4 heteroatoms. The molecule has 0 fully saturated rings. The molecule has 0 spiro atoms. The molecular weight excluding hydrogens is 140 g/mol.